The summed E-state index contributed by atoms with van der Waals surface area (Å²) in [6.07, 6.45) is 1.22. The molecule has 1 fully saturated rings. The van der Waals surface area contributed by atoms with Gasteiger partial charge in [0.15, 0.2) is 0 Å². The van der Waals surface area contributed by atoms with Gasteiger partial charge in [0, 0.05) is 6.04 Å². The van der Waals surface area contributed by atoms with Crippen molar-refractivity contribution < 1.29 is 0 Å². The Labute approximate surface area is 112 Å². The van der Waals surface area contributed by atoms with E-state index in [4.69, 9.17) is 0 Å². The molecular formula is C17H27N. The van der Waals surface area contributed by atoms with Crippen molar-refractivity contribution in [2.24, 2.45) is 11.3 Å². The van der Waals surface area contributed by atoms with Gasteiger partial charge >= 0.3 is 0 Å². The van der Waals surface area contributed by atoms with Gasteiger partial charge in [-0.1, -0.05) is 57.5 Å². The van der Waals surface area contributed by atoms with E-state index < -0.39 is 0 Å². The normalized spacial score (nSPS) is 29.9. The third-order valence-electron chi connectivity index (χ3n) is 4.71. The van der Waals surface area contributed by atoms with Crippen LogP contribution in [0.5, 0.6) is 0 Å². The molecule has 0 bridgehead atoms. The van der Waals surface area contributed by atoms with Crippen molar-refractivity contribution in [1.82, 2.24) is 5.32 Å². The first kappa shape index (κ1) is 13.6. The molecule has 100 valence electrons. The quantitative estimate of drug-likeness (QED) is 0.841. The summed E-state index contributed by atoms with van der Waals surface area (Å²) in [6.45, 7) is 12.7. The molecule has 1 aliphatic carbocycles. The minimum atomic E-state index is 0.365. The van der Waals surface area contributed by atoms with Crippen LogP contribution in [0, 0.1) is 18.3 Å². The van der Waals surface area contributed by atoms with Crippen LogP contribution < -0.4 is 5.32 Å². The van der Waals surface area contributed by atoms with Gasteiger partial charge in [-0.3, -0.25) is 0 Å². The van der Waals surface area contributed by atoms with Gasteiger partial charge in [0.05, 0.1) is 0 Å². The van der Waals surface area contributed by atoms with Crippen LogP contribution in [0.2, 0.25) is 0 Å². The molecule has 0 radical (unpaired) electrons. The standard InChI is InChI=1S/C17H27N/c1-6-11-18-16-13(3)15(17(16,4)5)14-9-7-12(2)8-10-14/h7-10,13,15-16,18H,6,11H2,1-5H3. The fraction of sp³-hybridized carbons (Fsp3) is 0.647. The second kappa shape index (κ2) is 5.05. The molecule has 3 unspecified atom stereocenters. The predicted octanol–water partition coefficient (Wildman–Crippen LogP) is 4.12. The Kier molecular flexibility index (Phi) is 3.82. The Morgan fingerprint density at radius 3 is 2.28 bits per heavy atom. The summed E-state index contributed by atoms with van der Waals surface area (Å²) >= 11 is 0. The molecule has 1 aliphatic rings. The average Bonchev–Trinajstić information content (AvgIpc) is 2.32. The second-order valence-corrected chi connectivity index (χ2v) is 6.50. The van der Waals surface area contributed by atoms with Crippen LogP contribution in [-0.2, 0) is 0 Å². The van der Waals surface area contributed by atoms with Gasteiger partial charge in [-0.15, -0.1) is 0 Å². The highest BCUT2D eigenvalue weighted by Crippen LogP contribution is 2.56. The van der Waals surface area contributed by atoms with Crippen LogP contribution in [0.3, 0.4) is 0 Å². The van der Waals surface area contributed by atoms with Crippen molar-refractivity contribution in [3.8, 4) is 0 Å². The van der Waals surface area contributed by atoms with Crippen molar-refractivity contribution >= 4 is 0 Å². The van der Waals surface area contributed by atoms with Crippen LogP contribution in [0.1, 0.15) is 51.2 Å². The Hall–Kier alpha value is -0.820. The highest BCUT2D eigenvalue weighted by molar-refractivity contribution is 5.31. The fourth-order valence-corrected chi connectivity index (χ4v) is 3.88. The first-order valence-electron chi connectivity index (χ1n) is 7.28. The summed E-state index contributed by atoms with van der Waals surface area (Å²) < 4.78 is 0. The largest absolute Gasteiger partial charge is 0.313 e. The molecule has 3 atom stereocenters. The third kappa shape index (κ3) is 2.21. The van der Waals surface area contributed by atoms with E-state index >= 15 is 0 Å². The number of nitrogens with one attached hydrogen (secondary N) is 1. The molecule has 2 rings (SSSR count). The zero-order valence-corrected chi connectivity index (χ0v) is 12.5. The predicted molar refractivity (Wildman–Crippen MR) is 78.9 cm³/mol. The summed E-state index contributed by atoms with van der Waals surface area (Å²) in [4.78, 5) is 0. The van der Waals surface area contributed by atoms with Crippen LogP contribution in [-0.4, -0.2) is 12.6 Å². The SMILES string of the molecule is CCCNC1C(C)C(c2ccc(C)cc2)C1(C)C. The third-order valence-corrected chi connectivity index (χ3v) is 4.71. The highest BCUT2D eigenvalue weighted by atomic mass is 15.0. The Bertz CT molecular complexity index is 391. The molecule has 1 aromatic rings. The lowest BCUT2D eigenvalue weighted by atomic mass is 9.50. The zero-order valence-electron chi connectivity index (χ0n) is 12.5. The Balaban J connectivity index is 2.14. The molecule has 0 aromatic heterocycles. The number of aryl methyl sites for hydroxylation is 1. The van der Waals surface area contributed by atoms with E-state index in [2.05, 4.69) is 64.2 Å². The molecule has 1 saturated carbocycles. The molecule has 1 nitrogen and oxygen atoms in total. The second-order valence-electron chi connectivity index (χ2n) is 6.50. The van der Waals surface area contributed by atoms with Crippen molar-refractivity contribution in [3.63, 3.8) is 0 Å². The minimum absolute atomic E-state index is 0.365. The lowest BCUT2D eigenvalue weighted by molar-refractivity contribution is 0.000578. The van der Waals surface area contributed by atoms with Gasteiger partial charge in [0.25, 0.3) is 0 Å². The highest BCUT2D eigenvalue weighted by Gasteiger charge is 2.53. The number of hydrogen-bond acceptors (Lipinski definition) is 1. The van der Waals surface area contributed by atoms with E-state index in [0.717, 1.165) is 12.5 Å². The first-order valence-corrected chi connectivity index (χ1v) is 7.28. The maximum absolute atomic E-state index is 3.72. The molecule has 1 aromatic carbocycles. The smallest absolute Gasteiger partial charge is 0.0156 e. The summed E-state index contributed by atoms with van der Waals surface area (Å²) in [6, 6.07) is 9.77. The van der Waals surface area contributed by atoms with E-state index in [0.29, 0.717) is 17.4 Å². The topological polar surface area (TPSA) is 12.0 Å². The van der Waals surface area contributed by atoms with E-state index in [1.54, 1.807) is 0 Å². The van der Waals surface area contributed by atoms with Gasteiger partial charge in [0.2, 0.25) is 0 Å². The van der Waals surface area contributed by atoms with Crippen molar-refractivity contribution in [2.75, 3.05) is 6.54 Å². The molecule has 0 spiro atoms. The van der Waals surface area contributed by atoms with Crippen molar-refractivity contribution in [1.29, 1.82) is 0 Å². The van der Waals surface area contributed by atoms with Gasteiger partial charge < -0.3 is 5.32 Å². The maximum Gasteiger partial charge on any atom is 0.0156 e. The van der Waals surface area contributed by atoms with E-state index in [1.807, 2.05) is 0 Å². The molecule has 1 heteroatoms. The molecule has 18 heavy (non-hydrogen) atoms. The number of hydrogen-bond donors (Lipinski definition) is 1. The minimum Gasteiger partial charge on any atom is -0.313 e. The first-order chi connectivity index (χ1) is 8.48. The van der Waals surface area contributed by atoms with Gasteiger partial charge in [-0.2, -0.15) is 0 Å². The average molecular weight is 245 g/mol. The Morgan fingerprint density at radius 1 is 1.17 bits per heavy atom. The molecule has 0 amide bonds. The van der Waals surface area contributed by atoms with Crippen molar-refractivity contribution in [3.05, 3.63) is 35.4 Å². The lowest BCUT2D eigenvalue weighted by Crippen LogP contribution is -2.61. The van der Waals surface area contributed by atoms with Crippen LogP contribution >= 0.6 is 0 Å². The number of rotatable bonds is 4. The van der Waals surface area contributed by atoms with Gasteiger partial charge in [-0.05, 0) is 42.7 Å². The van der Waals surface area contributed by atoms with E-state index in [1.165, 1.54) is 17.5 Å². The monoisotopic (exact) mass is 245 g/mol. The molecule has 0 saturated heterocycles. The van der Waals surface area contributed by atoms with Crippen LogP contribution in [0.15, 0.2) is 24.3 Å². The maximum atomic E-state index is 3.72. The van der Waals surface area contributed by atoms with Gasteiger partial charge in [-0.25, -0.2) is 0 Å². The summed E-state index contributed by atoms with van der Waals surface area (Å²) in [5.74, 6) is 1.42. The van der Waals surface area contributed by atoms with E-state index in [9.17, 15) is 0 Å². The van der Waals surface area contributed by atoms with Crippen LogP contribution in [0.4, 0.5) is 0 Å². The summed E-state index contributed by atoms with van der Waals surface area (Å²) in [7, 11) is 0. The van der Waals surface area contributed by atoms with Crippen LogP contribution in [0.25, 0.3) is 0 Å². The van der Waals surface area contributed by atoms with E-state index in [-0.39, 0.29) is 0 Å². The molecule has 1 N–H and O–H groups in total. The zero-order chi connectivity index (χ0) is 13.3. The number of benzene rings is 1. The van der Waals surface area contributed by atoms with Gasteiger partial charge in [0.1, 0.15) is 0 Å². The van der Waals surface area contributed by atoms with Crippen molar-refractivity contribution in [2.45, 2.75) is 53.0 Å². The Morgan fingerprint density at radius 2 is 1.78 bits per heavy atom. The lowest BCUT2D eigenvalue weighted by Gasteiger charge is -2.58. The molecule has 0 heterocycles. The summed E-state index contributed by atoms with van der Waals surface area (Å²) in [5.41, 5.74) is 3.22. The fourth-order valence-electron chi connectivity index (χ4n) is 3.88. The molecule has 0 aliphatic heterocycles. The summed E-state index contributed by atoms with van der Waals surface area (Å²) in [5, 5.41) is 3.72. The molecular weight excluding hydrogens is 218 g/mol.